The third-order valence-corrected chi connectivity index (χ3v) is 4.04. The lowest BCUT2D eigenvalue weighted by Gasteiger charge is -2.27. The Kier molecular flexibility index (Phi) is 3.14. The maximum atomic E-state index is 7.80. The molecule has 1 unspecified atom stereocenters. The summed E-state index contributed by atoms with van der Waals surface area (Å²) in [5.41, 5.74) is 9.72. The van der Waals surface area contributed by atoms with Gasteiger partial charge in [-0.2, -0.15) is 0 Å². The van der Waals surface area contributed by atoms with Crippen molar-refractivity contribution in [2.24, 2.45) is 5.73 Å². The van der Waals surface area contributed by atoms with Crippen LogP contribution in [-0.2, 0) is 6.42 Å². The van der Waals surface area contributed by atoms with Crippen molar-refractivity contribution in [3.05, 3.63) is 58.6 Å². The van der Waals surface area contributed by atoms with E-state index in [-0.39, 0.29) is 5.84 Å². The molecule has 0 saturated heterocycles. The van der Waals surface area contributed by atoms with E-state index in [9.17, 15) is 0 Å². The highest BCUT2D eigenvalue weighted by Crippen LogP contribution is 2.40. The lowest BCUT2D eigenvalue weighted by molar-refractivity contribution is 0.758. The Bertz CT molecular complexity index is 681. The molecular weight excluding hydrogens is 270 g/mol. The standard InChI is InChI=1S/C16H16ClN3/c1-10-9-11-5-2-3-7-13(11)20(10)14-8-4-6-12(17)15(14)16(18)19/h2-8,10H,9H2,1H3,(H3,18,19). The van der Waals surface area contributed by atoms with Crippen molar-refractivity contribution in [3.63, 3.8) is 0 Å². The first kappa shape index (κ1) is 13.0. The number of para-hydroxylation sites is 1. The molecule has 3 nitrogen and oxygen atoms in total. The lowest BCUT2D eigenvalue weighted by Crippen LogP contribution is -2.27. The summed E-state index contributed by atoms with van der Waals surface area (Å²) < 4.78 is 0. The molecule has 1 atom stereocenters. The molecule has 0 spiro atoms. The third kappa shape index (κ3) is 1.95. The minimum Gasteiger partial charge on any atom is -0.384 e. The summed E-state index contributed by atoms with van der Waals surface area (Å²) in [4.78, 5) is 2.22. The van der Waals surface area contributed by atoms with Crippen LogP contribution in [0.3, 0.4) is 0 Å². The molecule has 0 saturated carbocycles. The zero-order valence-corrected chi connectivity index (χ0v) is 12.0. The van der Waals surface area contributed by atoms with Gasteiger partial charge in [0.25, 0.3) is 0 Å². The van der Waals surface area contributed by atoms with Crippen molar-refractivity contribution < 1.29 is 0 Å². The number of benzene rings is 2. The predicted molar refractivity (Wildman–Crippen MR) is 84.2 cm³/mol. The third-order valence-electron chi connectivity index (χ3n) is 3.73. The predicted octanol–water partition coefficient (Wildman–Crippen LogP) is 3.71. The number of halogens is 1. The Morgan fingerprint density at radius 2 is 1.90 bits per heavy atom. The molecule has 0 fully saturated rings. The van der Waals surface area contributed by atoms with Crippen molar-refractivity contribution in [2.75, 3.05) is 4.90 Å². The van der Waals surface area contributed by atoms with Crippen LogP contribution < -0.4 is 10.6 Å². The van der Waals surface area contributed by atoms with E-state index in [0.29, 0.717) is 16.6 Å². The Morgan fingerprint density at radius 1 is 1.20 bits per heavy atom. The zero-order chi connectivity index (χ0) is 14.3. The molecule has 1 aliphatic heterocycles. The maximum absolute atomic E-state index is 7.80. The molecule has 0 aliphatic carbocycles. The van der Waals surface area contributed by atoms with Crippen LogP contribution in [0.2, 0.25) is 5.02 Å². The number of nitrogens with two attached hydrogens (primary N) is 1. The Morgan fingerprint density at radius 3 is 2.65 bits per heavy atom. The van der Waals surface area contributed by atoms with Crippen molar-refractivity contribution in [3.8, 4) is 0 Å². The Hall–Kier alpha value is -2.00. The number of fused-ring (bicyclic) bond motifs is 1. The first-order valence-corrected chi connectivity index (χ1v) is 6.97. The van der Waals surface area contributed by atoms with Gasteiger partial charge in [0.1, 0.15) is 5.84 Å². The first-order valence-electron chi connectivity index (χ1n) is 6.59. The molecule has 1 aliphatic rings. The number of nitrogen functional groups attached to an aromatic ring is 1. The van der Waals surface area contributed by atoms with Crippen LogP contribution in [0, 0.1) is 5.41 Å². The van der Waals surface area contributed by atoms with Gasteiger partial charge in [-0.15, -0.1) is 0 Å². The second kappa shape index (κ2) is 4.84. The molecule has 20 heavy (non-hydrogen) atoms. The summed E-state index contributed by atoms with van der Waals surface area (Å²) in [5, 5.41) is 8.32. The summed E-state index contributed by atoms with van der Waals surface area (Å²) in [7, 11) is 0. The van der Waals surface area contributed by atoms with Gasteiger partial charge in [-0.1, -0.05) is 35.9 Å². The number of nitrogens with one attached hydrogen (secondary N) is 1. The van der Waals surface area contributed by atoms with E-state index < -0.39 is 0 Å². The summed E-state index contributed by atoms with van der Waals surface area (Å²) in [6.45, 7) is 2.17. The minimum absolute atomic E-state index is 0.00202. The van der Waals surface area contributed by atoms with E-state index in [1.165, 1.54) is 11.3 Å². The topological polar surface area (TPSA) is 53.1 Å². The first-order chi connectivity index (χ1) is 9.59. The normalized spacial score (nSPS) is 17.1. The summed E-state index contributed by atoms with van der Waals surface area (Å²) in [6.07, 6.45) is 0.986. The van der Waals surface area contributed by atoms with Crippen LogP contribution in [-0.4, -0.2) is 11.9 Å². The van der Waals surface area contributed by atoms with E-state index in [1.807, 2.05) is 18.2 Å². The Labute approximate surface area is 123 Å². The summed E-state index contributed by atoms with van der Waals surface area (Å²) >= 11 is 6.23. The Balaban J connectivity index is 2.20. The van der Waals surface area contributed by atoms with Gasteiger partial charge in [0, 0.05) is 11.7 Å². The zero-order valence-electron chi connectivity index (χ0n) is 11.2. The fourth-order valence-corrected chi connectivity index (χ4v) is 3.18. The average Bonchev–Trinajstić information content (AvgIpc) is 2.73. The molecule has 0 radical (unpaired) electrons. The van der Waals surface area contributed by atoms with E-state index in [4.69, 9.17) is 22.7 Å². The number of anilines is 2. The summed E-state index contributed by atoms with van der Waals surface area (Å²) in [6, 6.07) is 14.3. The molecule has 4 heteroatoms. The van der Waals surface area contributed by atoms with Crippen molar-refractivity contribution in [2.45, 2.75) is 19.4 Å². The molecule has 102 valence electrons. The maximum Gasteiger partial charge on any atom is 0.126 e. The second-order valence-electron chi connectivity index (χ2n) is 5.10. The molecule has 2 aromatic carbocycles. The van der Waals surface area contributed by atoms with Gasteiger partial charge in [0.05, 0.1) is 16.3 Å². The van der Waals surface area contributed by atoms with Gasteiger partial charge >= 0.3 is 0 Å². The lowest BCUT2D eigenvalue weighted by atomic mass is 10.1. The SMILES string of the molecule is CC1Cc2ccccc2N1c1cccc(Cl)c1C(=N)N. The van der Waals surface area contributed by atoms with Crippen molar-refractivity contribution in [1.82, 2.24) is 0 Å². The second-order valence-corrected chi connectivity index (χ2v) is 5.51. The van der Waals surface area contributed by atoms with Crippen molar-refractivity contribution in [1.29, 1.82) is 5.41 Å². The number of nitrogens with zero attached hydrogens (tertiary/aromatic N) is 1. The van der Waals surface area contributed by atoms with Crippen LogP contribution in [0.4, 0.5) is 11.4 Å². The number of amidine groups is 1. The monoisotopic (exact) mass is 285 g/mol. The molecule has 2 aromatic rings. The highest BCUT2D eigenvalue weighted by atomic mass is 35.5. The van der Waals surface area contributed by atoms with Gasteiger partial charge in [-0.25, -0.2) is 0 Å². The smallest absolute Gasteiger partial charge is 0.126 e. The van der Waals surface area contributed by atoms with Gasteiger partial charge < -0.3 is 10.6 Å². The van der Waals surface area contributed by atoms with E-state index in [2.05, 4.69) is 30.0 Å². The highest BCUT2D eigenvalue weighted by molar-refractivity contribution is 6.34. The van der Waals surface area contributed by atoms with Crippen molar-refractivity contribution >= 4 is 28.8 Å². The van der Waals surface area contributed by atoms with Crippen LogP contribution in [0.25, 0.3) is 0 Å². The minimum atomic E-state index is 0.00202. The fourth-order valence-electron chi connectivity index (χ4n) is 2.91. The highest BCUT2D eigenvalue weighted by Gasteiger charge is 2.29. The number of hydrogen-bond acceptors (Lipinski definition) is 2. The fraction of sp³-hybridized carbons (Fsp3) is 0.188. The van der Waals surface area contributed by atoms with Crippen LogP contribution >= 0.6 is 11.6 Å². The molecule has 3 rings (SSSR count). The van der Waals surface area contributed by atoms with E-state index in [0.717, 1.165) is 12.1 Å². The number of hydrogen-bond donors (Lipinski definition) is 2. The van der Waals surface area contributed by atoms with Gasteiger partial charge in [-0.3, -0.25) is 5.41 Å². The van der Waals surface area contributed by atoms with E-state index in [1.54, 1.807) is 6.07 Å². The molecule has 0 bridgehead atoms. The van der Waals surface area contributed by atoms with Crippen LogP contribution in [0.5, 0.6) is 0 Å². The van der Waals surface area contributed by atoms with Crippen LogP contribution in [0.1, 0.15) is 18.1 Å². The molecule has 3 N–H and O–H groups in total. The molecule has 0 aromatic heterocycles. The summed E-state index contributed by atoms with van der Waals surface area (Å²) in [5.74, 6) is 0.00202. The number of rotatable bonds is 2. The molecule has 0 amide bonds. The average molecular weight is 286 g/mol. The quantitative estimate of drug-likeness (QED) is 0.653. The molecular formula is C16H16ClN3. The largest absolute Gasteiger partial charge is 0.384 e. The molecule has 1 heterocycles. The van der Waals surface area contributed by atoms with Crippen LogP contribution in [0.15, 0.2) is 42.5 Å². The van der Waals surface area contributed by atoms with E-state index >= 15 is 0 Å². The van der Waals surface area contributed by atoms with Gasteiger partial charge in [0.15, 0.2) is 0 Å². The van der Waals surface area contributed by atoms with Gasteiger partial charge in [-0.05, 0) is 37.1 Å². The van der Waals surface area contributed by atoms with Gasteiger partial charge in [0.2, 0.25) is 0 Å².